The lowest BCUT2D eigenvalue weighted by molar-refractivity contribution is 0.881. The van der Waals surface area contributed by atoms with Gasteiger partial charge in [0.05, 0.1) is 15.9 Å². The van der Waals surface area contributed by atoms with Crippen molar-refractivity contribution in [2.75, 3.05) is 0 Å². The van der Waals surface area contributed by atoms with Gasteiger partial charge in [0.15, 0.2) is 0 Å². The van der Waals surface area contributed by atoms with Gasteiger partial charge in [-0.15, -0.1) is 11.3 Å². The van der Waals surface area contributed by atoms with Crippen molar-refractivity contribution in [3.05, 3.63) is 67.0 Å². The van der Waals surface area contributed by atoms with Crippen LogP contribution in [0.4, 0.5) is 0 Å². The van der Waals surface area contributed by atoms with Crippen LogP contribution in [0.2, 0.25) is 0 Å². The molecule has 2 heterocycles. The highest BCUT2D eigenvalue weighted by molar-refractivity contribution is 7.21. The maximum Gasteiger partial charge on any atom is 0.124 e. The Morgan fingerprint density at radius 3 is 2.50 bits per heavy atom. The van der Waals surface area contributed by atoms with E-state index in [1.165, 1.54) is 4.70 Å². The maximum absolute atomic E-state index is 4.67. The van der Waals surface area contributed by atoms with Gasteiger partial charge in [0.2, 0.25) is 0 Å². The molecule has 3 nitrogen and oxygen atoms in total. The zero-order chi connectivity index (χ0) is 13.4. The van der Waals surface area contributed by atoms with E-state index >= 15 is 0 Å². The summed E-state index contributed by atoms with van der Waals surface area (Å²) in [6, 6.07) is 18.5. The third kappa shape index (κ3) is 1.90. The predicted octanol–water partition coefficient (Wildman–Crippen LogP) is 4.15. The summed E-state index contributed by atoms with van der Waals surface area (Å²) in [5, 5.41) is 5.28. The van der Waals surface area contributed by atoms with E-state index in [0.29, 0.717) is 0 Å². The number of para-hydroxylation sites is 1. The fourth-order valence-corrected chi connectivity index (χ4v) is 3.15. The first-order chi connectivity index (χ1) is 9.90. The van der Waals surface area contributed by atoms with E-state index in [4.69, 9.17) is 0 Å². The molecule has 2 aromatic heterocycles. The van der Waals surface area contributed by atoms with E-state index in [9.17, 15) is 0 Å². The van der Waals surface area contributed by atoms with Crippen molar-refractivity contribution >= 4 is 21.6 Å². The Kier molecular flexibility index (Phi) is 2.60. The highest BCUT2D eigenvalue weighted by atomic mass is 32.1. The van der Waals surface area contributed by atoms with Gasteiger partial charge in [0, 0.05) is 18.0 Å². The topological polar surface area (TPSA) is 30.7 Å². The first-order valence-electron chi connectivity index (χ1n) is 6.36. The van der Waals surface area contributed by atoms with Crippen molar-refractivity contribution in [2.45, 2.75) is 0 Å². The molecule has 2 aromatic carbocycles. The third-order valence-electron chi connectivity index (χ3n) is 3.18. The summed E-state index contributed by atoms with van der Waals surface area (Å²) in [5.74, 6) is 0. The van der Waals surface area contributed by atoms with E-state index in [0.717, 1.165) is 21.8 Å². The molecule has 0 bridgehead atoms. The van der Waals surface area contributed by atoms with Crippen LogP contribution in [0.5, 0.6) is 0 Å². The third-order valence-corrected chi connectivity index (χ3v) is 4.26. The van der Waals surface area contributed by atoms with E-state index in [1.54, 1.807) is 17.5 Å². The number of aromatic nitrogens is 3. The molecule has 0 spiro atoms. The Hall–Kier alpha value is -2.46. The summed E-state index contributed by atoms with van der Waals surface area (Å²) in [5.41, 5.74) is 3.26. The van der Waals surface area contributed by atoms with Crippen LogP contribution in [-0.2, 0) is 0 Å². The summed E-state index contributed by atoms with van der Waals surface area (Å²) in [6.07, 6.45) is 3.72. The molecule has 4 heteroatoms. The summed E-state index contributed by atoms with van der Waals surface area (Å²) in [4.78, 5) is 4.67. The van der Waals surface area contributed by atoms with Crippen LogP contribution in [-0.4, -0.2) is 14.8 Å². The number of fused-ring (bicyclic) bond motifs is 1. The van der Waals surface area contributed by atoms with E-state index < -0.39 is 0 Å². The van der Waals surface area contributed by atoms with Gasteiger partial charge in [-0.05, 0) is 42.5 Å². The molecule has 4 rings (SSSR count). The lowest BCUT2D eigenvalue weighted by Crippen LogP contribution is -1.93. The Morgan fingerprint density at radius 2 is 1.75 bits per heavy atom. The van der Waals surface area contributed by atoms with Crippen molar-refractivity contribution in [1.29, 1.82) is 0 Å². The Morgan fingerprint density at radius 1 is 0.900 bits per heavy atom. The van der Waals surface area contributed by atoms with Crippen LogP contribution in [0, 0.1) is 0 Å². The lowest BCUT2D eigenvalue weighted by atomic mass is 10.2. The zero-order valence-electron chi connectivity index (χ0n) is 10.6. The van der Waals surface area contributed by atoms with Crippen LogP contribution in [0.15, 0.2) is 67.0 Å². The second kappa shape index (κ2) is 4.58. The first-order valence-corrected chi connectivity index (χ1v) is 7.18. The number of hydrogen-bond acceptors (Lipinski definition) is 3. The highest BCUT2D eigenvalue weighted by Crippen LogP contribution is 2.30. The summed E-state index contributed by atoms with van der Waals surface area (Å²) in [6.45, 7) is 0. The predicted molar refractivity (Wildman–Crippen MR) is 82.2 cm³/mol. The largest absolute Gasteiger partial charge is 0.241 e. The number of nitrogens with zero attached hydrogens (tertiary/aromatic N) is 3. The van der Waals surface area contributed by atoms with Crippen molar-refractivity contribution in [3.8, 4) is 16.3 Å². The molecule has 0 amide bonds. The smallest absolute Gasteiger partial charge is 0.124 e. The zero-order valence-corrected chi connectivity index (χ0v) is 11.4. The molecule has 0 saturated carbocycles. The minimum Gasteiger partial charge on any atom is -0.241 e. The lowest BCUT2D eigenvalue weighted by Gasteiger charge is -2.02. The van der Waals surface area contributed by atoms with E-state index in [2.05, 4.69) is 40.4 Å². The van der Waals surface area contributed by atoms with Crippen molar-refractivity contribution in [1.82, 2.24) is 14.8 Å². The summed E-state index contributed by atoms with van der Waals surface area (Å²) >= 11 is 1.72. The molecule has 0 atom stereocenters. The van der Waals surface area contributed by atoms with Gasteiger partial charge in [-0.25, -0.2) is 9.67 Å². The first kappa shape index (κ1) is 11.4. The second-order valence-electron chi connectivity index (χ2n) is 4.48. The Balaban J connectivity index is 1.75. The van der Waals surface area contributed by atoms with E-state index in [-0.39, 0.29) is 0 Å². The standard InChI is InChI=1S/C16H11N3S/c1-2-5-15-14(4-1)18-16(20-15)12-6-8-13(9-7-12)19-11-3-10-17-19/h1-11H. The number of benzene rings is 2. The van der Waals surface area contributed by atoms with Crippen LogP contribution >= 0.6 is 11.3 Å². The minimum atomic E-state index is 1.05. The van der Waals surface area contributed by atoms with Crippen LogP contribution < -0.4 is 0 Å². The van der Waals surface area contributed by atoms with Gasteiger partial charge in [-0.2, -0.15) is 5.10 Å². The number of thiazole rings is 1. The molecular weight excluding hydrogens is 266 g/mol. The fourth-order valence-electron chi connectivity index (χ4n) is 2.17. The van der Waals surface area contributed by atoms with Gasteiger partial charge >= 0.3 is 0 Å². The molecule has 0 aliphatic carbocycles. The molecule has 0 radical (unpaired) electrons. The molecule has 96 valence electrons. The molecule has 0 N–H and O–H groups in total. The Labute approximate surface area is 120 Å². The van der Waals surface area contributed by atoms with Gasteiger partial charge in [-0.1, -0.05) is 12.1 Å². The highest BCUT2D eigenvalue weighted by Gasteiger charge is 2.06. The summed E-state index contributed by atoms with van der Waals surface area (Å²) < 4.78 is 3.07. The summed E-state index contributed by atoms with van der Waals surface area (Å²) in [7, 11) is 0. The van der Waals surface area contributed by atoms with E-state index in [1.807, 2.05) is 35.1 Å². The quantitative estimate of drug-likeness (QED) is 0.551. The average Bonchev–Trinajstić information content (AvgIpc) is 3.17. The van der Waals surface area contributed by atoms with Crippen LogP contribution in [0.25, 0.3) is 26.5 Å². The van der Waals surface area contributed by atoms with Gasteiger partial charge in [0.25, 0.3) is 0 Å². The van der Waals surface area contributed by atoms with Gasteiger partial charge in [0.1, 0.15) is 5.01 Å². The maximum atomic E-state index is 4.67. The second-order valence-corrected chi connectivity index (χ2v) is 5.51. The monoisotopic (exact) mass is 277 g/mol. The molecule has 20 heavy (non-hydrogen) atoms. The molecule has 0 aliphatic heterocycles. The molecule has 0 aliphatic rings. The normalized spacial score (nSPS) is 11.0. The molecule has 0 unspecified atom stereocenters. The molecule has 0 fully saturated rings. The van der Waals surface area contributed by atoms with Crippen LogP contribution in [0.1, 0.15) is 0 Å². The fraction of sp³-hybridized carbons (Fsp3) is 0. The SMILES string of the molecule is c1ccc2sc(-c3ccc(-n4cccn4)cc3)nc2c1. The number of rotatable bonds is 2. The minimum absolute atomic E-state index is 1.05. The Bertz CT molecular complexity index is 812. The average molecular weight is 277 g/mol. The number of hydrogen-bond donors (Lipinski definition) is 0. The van der Waals surface area contributed by atoms with Crippen molar-refractivity contribution in [3.63, 3.8) is 0 Å². The molecule has 0 saturated heterocycles. The van der Waals surface area contributed by atoms with Crippen LogP contribution in [0.3, 0.4) is 0 Å². The molecular formula is C16H11N3S. The van der Waals surface area contributed by atoms with Gasteiger partial charge < -0.3 is 0 Å². The van der Waals surface area contributed by atoms with Crippen molar-refractivity contribution < 1.29 is 0 Å². The van der Waals surface area contributed by atoms with Crippen molar-refractivity contribution in [2.24, 2.45) is 0 Å². The molecule has 4 aromatic rings. The van der Waals surface area contributed by atoms with Gasteiger partial charge in [-0.3, -0.25) is 0 Å².